The quantitative estimate of drug-likeness (QED) is 0.673. The van der Waals surface area contributed by atoms with E-state index in [0.29, 0.717) is 0 Å². The molecule has 0 N–H and O–H groups in total. The first kappa shape index (κ1) is 9.33. The molecular weight excluding hydrogens is 200 g/mol. The molecule has 0 aromatic carbocycles. The lowest BCUT2D eigenvalue weighted by molar-refractivity contribution is 0.457. The van der Waals surface area contributed by atoms with Crippen molar-refractivity contribution < 1.29 is 4.74 Å². The molecule has 3 rings (SSSR count). The van der Waals surface area contributed by atoms with Gasteiger partial charge in [0.25, 0.3) is 0 Å². The summed E-state index contributed by atoms with van der Waals surface area (Å²) in [5.74, 6) is 1.55. The number of aromatic nitrogens is 2. The molecule has 2 aromatic heterocycles. The van der Waals surface area contributed by atoms with Crippen LogP contribution in [-0.4, -0.2) is 9.97 Å². The summed E-state index contributed by atoms with van der Waals surface area (Å²) in [7, 11) is 0. The van der Waals surface area contributed by atoms with Crippen molar-refractivity contribution in [1.82, 2.24) is 9.97 Å². The Morgan fingerprint density at radius 1 is 1.25 bits per heavy atom. The highest BCUT2D eigenvalue weighted by molar-refractivity contribution is 5.39. The average Bonchev–Trinajstić information content (AvgIpc) is 2.48. The molecule has 16 heavy (non-hydrogen) atoms. The summed E-state index contributed by atoms with van der Waals surface area (Å²) in [5.41, 5.74) is 3.34. The number of hydrogen-bond acceptors (Lipinski definition) is 3. The van der Waals surface area contributed by atoms with Gasteiger partial charge >= 0.3 is 0 Å². The van der Waals surface area contributed by atoms with E-state index in [1.807, 2.05) is 25.3 Å². The summed E-state index contributed by atoms with van der Waals surface area (Å²) in [6.45, 7) is 2.05. The molecule has 0 saturated heterocycles. The van der Waals surface area contributed by atoms with E-state index in [2.05, 4.69) is 16.0 Å². The Morgan fingerprint density at radius 3 is 3.12 bits per heavy atom. The van der Waals surface area contributed by atoms with E-state index in [0.717, 1.165) is 35.7 Å². The summed E-state index contributed by atoms with van der Waals surface area (Å²) in [6, 6.07) is 5.96. The summed E-state index contributed by atoms with van der Waals surface area (Å²) in [4.78, 5) is 8.66. The number of ether oxygens (including phenoxy) is 1. The highest BCUT2D eigenvalue weighted by Gasteiger charge is 2.15. The van der Waals surface area contributed by atoms with Crippen LogP contribution in [0, 0.1) is 6.92 Å². The van der Waals surface area contributed by atoms with Crippen LogP contribution in [0.1, 0.15) is 16.8 Å². The molecule has 1 aliphatic rings. The van der Waals surface area contributed by atoms with Crippen molar-refractivity contribution in [2.24, 2.45) is 0 Å². The van der Waals surface area contributed by atoms with Crippen molar-refractivity contribution >= 4 is 0 Å². The second-order valence-corrected chi connectivity index (χ2v) is 4.03. The molecule has 0 radical (unpaired) electrons. The fraction of sp³-hybridized carbons (Fsp3) is 0.231. The second-order valence-electron chi connectivity index (χ2n) is 4.03. The van der Waals surface area contributed by atoms with Crippen molar-refractivity contribution in [1.29, 1.82) is 0 Å². The Balaban J connectivity index is 2.08. The molecule has 0 bridgehead atoms. The highest BCUT2D eigenvalue weighted by Crippen LogP contribution is 2.30. The number of hydrogen-bond donors (Lipinski definition) is 0. The third-order valence-corrected chi connectivity index (χ3v) is 2.75. The molecule has 3 heterocycles. The second kappa shape index (κ2) is 3.59. The molecule has 2 aromatic rings. The molecule has 0 saturated carbocycles. The lowest BCUT2D eigenvalue weighted by Gasteiger charge is -2.06. The molecule has 0 spiro atoms. The SMILES string of the molecule is Cc1cnc2c(c1)CCc1ncccc1O2. The van der Waals surface area contributed by atoms with Gasteiger partial charge in [-0.3, -0.25) is 4.98 Å². The van der Waals surface area contributed by atoms with Crippen molar-refractivity contribution in [2.75, 3.05) is 0 Å². The van der Waals surface area contributed by atoms with Gasteiger partial charge in [0.05, 0.1) is 5.69 Å². The first-order valence-corrected chi connectivity index (χ1v) is 5.40. The van der Waals surface area contributed by atoms with Gasteiger partial charge in [0.2, 0.25) is 5.88 Å². The van der Waals surface area contributed by atoms with Crippen LogP contribution in [0.25, 0.3) is 0 Å². The zero-order chi connectivity index (χ0) is 11.0. The van der Waals surface area contributed by atoms with Gasteiger partial charge in [-0.25, -0.2) is 4.98 Å². The van der Waals surface area contributed by atoms with E-state index >= 15 is 0 Å². The predicted octanol–water partition coefficient (Wildman–Crippen LogP) is 2.68. The lowest BCUT2D eigenvalue weighted by atomic mass is 10.1. The molecule has 0 unspecified atom stereocenters. The maximum atomic E-state index is 5.78. The van der Waals surface area contributed by atoms with Gasteiger partial charge in [0.1, 0.15) is 0 Å². The summed E-state index contributed by atoms with van der Waals surface area (Å²) < 4.78 is 5.78. The first-order chi connectivity index (χ1) is 7.83. The molecule has 0 atom stereocenters. The maximum Gasteiger partial charge on any atom is 0.222 e. The standard InChI is InChI=1S/C13H12N2O/c1-9-7-10-4-5-11-12(3-2-6-14-11)16-13(10)15-8-9/h2-3,6-8H,4-5H2,1H3. The molecule has 3 nitrogen and oxygen atoms in total. The van der Waals surface area contributed by atoms with Crippen LogP contribution < -0.4 is 4.74 Å². The molecule has 80 valence electrons. The van der Waals surface area contributed by atoms with Crippen LogP contribution in [0.5, 0.6) is 11.6 Å². The van der Waals surface area contributed by atoms with E-state index in [-0.39, 0.29) is 0 Å². The zero-order valence-corrected chi connectivity index (χ0v) is 9.10. The summed E-state index contributed by atoms with van der Waals surface area (Å²) >= 11 is 0. The minimum absolute atomic E-state index is 0.720. The average molecular weight is 212 g/mol. The van der Waals surface area contributed by atoms with Crippen LogP contribution in [0.4, 0.5) is 0 Å². The Labute approximate surface area is 94.1 Å². The Bertz CT molecular complexity index is 537. The fourth-order valence-electron chi connectivity index (χ4n) is 1.95. The smallest absolute Gasteiger partial charge is 0.222 e. The number of aryl methyl sites for hydroxylation is 3. The van der Waals surface area contributed by atoms with Gasteiger partial charge in [-0.2, -0.15) is 0 Å². The lowest BCUT2D eigenvalue weighted by Crippen LogP contribution is -1.92. The van der Waals surface area contributed by atoms with Crippen LogP contribution in [0.2, 0.25) is 0 Å². The minimum Gasteiger partial charge on any atom is -0.437 e. The minimum atomic E-state index is 0.720. The van der Waals surface area contributed by atoms with Crippen molar-refractivity contribution in [2.45, 2.75) is 19.8 Å². The summed E-state index contributed by atoms with van der Waals surface area (Å²) in [5, 5.41) is 0. The van der Waals surface area contributed by atoms with E-state index in [4.69, 9.17) is 4.74 Å². The Hall–Kier alpha value is -1.90. The Morgan fingerprint density at radius 2 is 2.19 bits per heavy atom. The largest absolute Gasteiger partial charge is 0.437 e. The topological polar surface area (TPSA) is 35.0 Å². The molecule has 0 fully saturated rings. The fourth-order valence-corrected chi connectivity index (χ4v) is 1.95. The van der Waals surface area contributed by atoms with Gasteiger partial charge < -0.3 is 4.74 Å². The maximum absolute atomic E-state index is 5.78. The normalized spacial score (nSPS) is 13.3. The van der Waals surface area contributed by atoms with E-state index < -0.39 is 0 Å². The van der Waals surface area contributed by atoms with Gasteiger partial charge in [0.15, 0.2) is 5.75 Å². The highest BCUT2D eigenvalue weighted by atomic mass is 16.5. The third kappa shape index (κ3) is 1.54. The van der Waals surface area contributed by atoms with Crippen molar-refractivity contribution in [3.8, 4) is 11.6 Å². The molecule has 0 aliphatic carbocycles. The zero-order valence-electron chi connectivity index (χ0n) is 9.10. The molecule has 1 aliphatic heterocycles. The van der Waals surface area contributed by atoms with Gasteiger partial charge in [-0.1, -0.05) is 0 Å². The van der Waals surface area contributed by atoms with Crippen LogP contribution in [0.15, 0.2) is 30.6 Å². The van der Waals surface area contributed by atoms with Gasteiger partial charge in [-0.15, -0.1) is 0 Å². The third-order valence-electron chi connectivity index (χ3n) is 2.75. The molecule has 3 heteroatoms. The first-order valence-electron chi connectivity index (χ1n) is 5.40. The summed E-state index contributed by atoms with van der Waals surface area (Å²) in [6.07, 6.45) is 5.49. The van der Waals surface area contributed by atoms with Crippen molar-refractivity contribution in [3.63, 3.8) is 0 Å². The number of rotatable bonds is 0. The predicted molar refractivity (Wildman–Crippen MR) is 60.7 cm³/mol. The molecular formula is C13H12N2O. The number of pyridine rings is 2. The Kier molecular flexibility index (Phi) is 2.10. The number of fused-ring (bicyclic) bond motifs is 2. The van der Waals surface area contributed by atoms with E-state index in [9.17, 15) is 0 Å². The van der Waals surface area contributed by atoms with Gasteiger partial charge in [0, 0.05) is 18.0 Å². The monoisotopic (exact) mass is 212 g/mol. The van der Waals surface area contributed by atoms with E-state index in [1.165, 1.54) is 5.56 Å². The number of nitrogens with zero attached hydrogens (tertiary/aromatic N) is 2. The van der Waals surface area contributed by atoms with Gasteiger partial charge in [-0.05, 0) is 43.5 Å². The van der Waals surface area contributed by atoms with Crippen LogP contribution >= 0.6 is 0 Å². The molecule has 0 amide bonds. The van der Waals surface area contributed by atoms with E-state index in [1.54, 1.807) is 6.20 Å². The van der Waals surface area contributed by atoms with Crippen molar-refractivity contribution in [3.05, 3.63) is 47.4 Å². The van der Waals surface area contributed by atoms with Crippen LogP contribution in [0.3, 0.4) is 0 Å². The van der Waals surface area contributed by atoms with Crippen LogP contribution in [-0.2, 0) is 12.8 Å².